The molecule has 0 fully saturated rings. The Labute approximate surface area is 190 Å². The molecule has 3 aromatic carbocycles. The molecule has 1 aliphatic heterocycles. The molecule has 7 heteroatoms. The number of rotatable bonds is 6. The maximum absolute atomic E-state index is 11.7. The van der Waals surface area contributed by atoms with Gasteiger partial charge in [-0.1, -0.05) is 42.4 Å². The molecule has 0 spiro atoms. The van der Waals surface area contributed by atoms with Gasteiger partial charge in [-0.3, -0.25) is 0 Å². The molecule has 0 aromatic heterocycles. The first-order valence-corrected chi connectivity index (χ1v) is 10.1. The fraction of sp³-hybridized carbons (Fsp3) is 0.120. The zero-order valence-electron chi connectivity index (χ0n) is 17.2. The molecule has 1 heterocycles. The van der Waals surface area contributed by atoms with Gasteiger partial charge < -0.3 is 18.9 Å². The third kappa shape index (κ3) is 4.39. The molecule has 0 aliphatic carbocycles. The second-order valence-corrected chi connectivity index (χ2v) is 7.43. The minimum Gasteiger partial charge on any atom is -0.487 e. The minimum absolute atomic E-state index is 0.199. The molecule has 0 N–H and O–H groups in total. The lowest BCUT2D eigenvalue weighted by Gasteiger charge is -2.14. The van der Waals surface area contributed by atoms with Crippen LogP contribution in [0.3, 0.4) is 0 Å². The number of esters is 1. The van der Waals surface area contributed by atoms with Crippen LogP contribution in [0.1, 0.15) is 11.1 Å². The molecule has 0 radical (unpaired) electrons. The van der Waals surface area contributed by atoms with Crippen LogP contribution in [-0.2, 0) is 11.4 Å². The van der Waals surface area contributed by atoms with E-state index < -0.39 is 5.97 Å². The molecular formula is C25H18ClNO5. The third-order valence-electron chi connectivity index (χ3n) is 5.01. The highest BCUT2D eigenvalue weighted by molar-refractivity contribution is 6.32. The van der Waals surface area contributed by atoms with Crippen LogP contribution in [0.2, 0.25) is 5.02 Å². The van der Waals surface area contributed by atoms with Crippen molar-refractivity contribution in [1.82, 2.24) is 0 Å². The molecule has 0 atom stereocenters. The number of hydrogen-bond donors (Lipinski definition) is 0. The number of fused-ring (bicyclic) bond motifs is 1. The van der Waals surface area contributed by atoms with Gasteiger partial charge in [-0.05, 0) is 53.4 Å². The number of carbonyl (C=O) groups excluding carboxylic acids is 1. The van der Waals surface area contributed by atoms with Gasteiger partial charge in [-0.2, -0.15) is 5.26 Å². The smallest absolute Gasteiger partial charge is 0.353 e. The minimum atomic E-state index is -0.826. The van der Waals surface area contributed by atoms with E-state index in [9.17, 15) is 4.79 Å². The Morgan fingerprint density at radius 2 is 1.97 bits per heavy atom. The molecule has 160 valence electrons. The second-order valence-electron chi connectivity index (χ2n) is 7.02. The molecule has 0 bridgehead atoms. The number of hydrogen-bond acceptors (Lipinski definition) is 6. The van der Waals surface area contributed by atoms with Crippen LogP contribution in [0, 0.1) is 18.3 Å². The first-order valence-electron chi connectivity index (χ1n) is 9.68. The lowest BCUT2D eigenvalue weighted by Crippen LogP contribution is -2.09. The highest BCUT2D eigenvalue weighted by Gasteiger charge is 2.16. The monoisotopic (exact) mass is 447 g/mol. The van der Waals surface area contributed by atoms with Crippen molar-refractivity contribution in [3.63, 3.8) is 0 Å². The molecule has 0 unspecified atom stereocenters. The fourth-order valence-electron chi connectivity index (χ4n) is 3.25. The molecule has 0 saturated carbocycles. The van der Waals surface area contributed by atoms with Crippen molar-refractivity contribution in [3.8, 4) is 40.2 Å². The number of nitriles is 1. The van der Waals surface area contributed by atoms with E-state index in [-0.39, 0.29) is 23.1 Å². The van der Waals surface area contributed by atoms with Crippen molar-refractivity contribution in [2.75, 3.05) is 6.79 Å². The zero-order chi connectivity index (χ0) is 22.7. The highest BCUT2D eigenvalue weighted by Crippen LogP contribution is 2.37. The van der Waals surface area contributed by atoms with E-state index in [0.29, 0.717) is 12.4 Å². The molecule has 1 aliphatic rings. The standard InChI is InChI=1S/C25H18ClNO5/c1-15(12-27)25(28)32-19-7-9-22(21(26)11-19)29-13-18-4-3-5-20(16(18)2)17-6-8-23-24(10-17)31-14-30-23/h3-11H,1,13-14H2,2H3. The van der Waals surface area contributed by atoms with E-state index in [1.165, 1.54) is 6.07 Å². The molecule has 0 amide bonds. The number of nitrogens with zero attached hydrogens (tertiary/aromatic N) is 1. The molecule has 6 nitrogen and oxygen atoms in total. The fourth-order valence-corrected chi connectivity index (χ4v) is 3.47. The summed E-state index contributed by atoms with van der Waals surface area (Å²) in [6.45, 7) is 5.89. The predicted octanol–water partition coefficient (Wildman–Crippen LogP) is 5.61. The molecule has 0 saturated heterocycles. The van der Waals surface area contributed by atoms with Crippen LogP contribution in [0.4, 0.5) is 0 Å². The third-order valence-corrected chi connectivity index (χ3v) is 5.30. The van der Waals surface area contributed by atoms with E-state index in [2.05, 4.69) is 6.58 Å². The van der Waals surface area contributed by atoms with Gasteiger partial charge in [0.05, 0.1) is 5.02 Å². The summed E-state index contributed by atoms with van der Waals surface area (Å²) >= 11 is 6.28. The number of halogens is 1. The molecule has 32 heavy (non-hydrogen) atoms. The van der Waals surface area contributed by atoms with Crippen LogP contribution in [-0.4, -0.2) is 12.8 Å². The number of ether oxygens (including phenoxy) is 4. The second kappa shape index (κ2) is 9.04. The summed E-state index contributed by atoms with van der Waals surface area (Å²) in [5.74, 6) is 1.29. The van der Waals surface area contributed by atoms with Gasteiger partial charge in [-0.25, -0.2) is 4.79 Å². The van der Waals surface area contributed by atoms with E-state index in [0.717, 1.165) is 33.8 Å². The summed E-state index contributed by atoms with van der Waals surface area (Å²) in [6, 6.07) is 18.1. The van der Waals surface area contributed by atoms with Crippen molar-refractivity contribution in [1.29, 1.82) is 5.26 Å². The van der Waals surface area contributed by atoms with Crippen molar-refractivity contribution >= 4 is 17.6 Å². The summed E-state index contributed by atoms with van der Waals surface area (Å²) in [4.78, 5) is 11.7. The van der Waals surface area contributed by atoms with Crippen molar-refractivity contribution in [2.45, 2.75) is 13.5 Å². The molecule has 3 aromatic rings. The van der Waals surface area contributed by atoms with Gasteiger partial charge in [-0.15, -0.1) is 0 Å². The van der Waals surface area contributed by atoms with Gasteiger partial charge in [0.2, 0.25) is 6.79 Å². The first kappa shape index (κ1) is 21.3. The SMILES string of the molecule is C=C(C#N)C(=O)Oc1ccc(OCc2cccc(-c3ccc4c(c3)OCO4)c2C)c(Cl)c1. The van der Waals surface area contributed by atoms with E-state index in [4.69, 9.17) is 35.8 Å². The first-order chi connectivity index (χ1) is 15.5. The maximum atomic E-state index is 11.7. The topological polar surface area (TPSA) is 77.8 Å². The maximum Gasteiger partial charge on any atom is 0.353 e. The Kier molecular flexibility index (Phi) is 6.02. The predicted molar refractivity (Wildman–Crippen MR) is 119 cm³/mol. The molecule has 4 rings (SSSR count). The van der Waals surface area contributed by atoms with Crippen molar-refractivity contribution in [3.05, 3.63) is 82.9 Å². The Morgan fingerprint density at radius 3 is 2.75 bits per heavy atom. The van der Waals surface area contributed by atoms with Gasteiger partial charge in [0.15, 0.2) is 11.5 Å². The van der Waals surface area contributed by atoms with E-state index >= 15 is 0 Å². The van der Waals surface area contributed by atoms with Gasteiger partial charge in [0, 0.05) is 6.07 Å². The number of benzene rings is 3. The van der Waals surface area contributed by atoms with Crippen LogP contribution in [0.25, 0.3) is 11.1 Å². The summed E-state index contributed by atoms with van der Waals surface area (Å²) in [6.07, 6.45) is 0. The lowest BCUT2D eigenvalue weighted by atomic mass is 9.96. The Balaban J connectivity index is 1.49. The summed E-state index contributed by atoms with van der Waals surface area (Å²) in [7, 11) is 0. The Bertz CT molecular complexity index is 1260. The normalized spacial score (nSPS) is 11.5. The Hall–Kier alpha value is -3.95. The van der Waals surface area contributed by atoms with Gasteiger partial charge in [0.1, 0.15) is 29.7 Å². The summed E-state index contributed by atoms with van der Waals surface area (Å²) < 4.78 is 21.8. The summed E-state index contributed by atoms with van der Waals surface area (Å²) in [5.41, 5.74) is 3.87. The van der Waals surface area contributed by atoms with Crippen LogP contribution >= 0.6 is 11.6 Å². The lowest BCUT2D eigenvalue weighted by molar-refractivity contribution is -0.129. The van der Waals surface area contributed by atoms with E-state index in [1.54, 1.807) is 18.2 Å². The Morgan fingerprint density at radius 1 is 1.16 bits per heavy atom. The van der Waals surface area contributed by atoms with Crippen molar-refractivity contribution in [2.24, 2.45) is 0 Å². The van der Waals surface area contributed by atoms with Gasteiger partial charge >= 0.3 is 5.97 Å². The van der Waals surface area contributed by atoms with Crippen LogP contribution in [0.15, 0.2) is 66.7 Å². The van der Waals surface area contributed by atoms with E-state index in [1.807, 2.05) is 43.3 Å². The average Bonchev–Trinajstić information content (AvgIpc) is 3.26. The zero-order valence-corrected chi connectivity index (χ0v) is 17.9. The highest BCUT2D eigenvalue weighted by atomic mass is 35.5. The van der Waals surface area contributed by atoms with Crippen LogP contribution in [0.5, 0.6) is 23.0 Å². The quantitative estimate of drug-likeness (QED) is 0.211. The summed E-state index contributed by atoms with van der Waals surface area (Å²) in [5, 5.41) is 8.99. The average molecular weight is 448 g/mol. The van der Waals surface area contributed by atoms with Gasteiger partial charge in [0.25, 0.3) is 0 Å². The molecular weight excluding hydrogens is 430 g/mol. The number of carbonyl (C=O) groups is 1. The van der Waals surface area contributed by atoms with Crippen molar-refractivity contribution < 1.29 is 23.7 Å². The largest absolute Gasteiger partial charge is 0.487 e. The van der Waals surface area contributed by atoms with Crippen LogP contribution < -0.4 is 18.9 Å².